The molecule has 1 N–H and O–H groups in total. The molecule has 0 radical (unpaired) electrons. The normalized spacial score (nSPS) is 9.56. The second-order valence-electron chi connectivity index (χ2n) is 3.00. The molecule has 0 aliphatic heterocycles. The minimum Gasteiger partial charge on any atom is -0.347 e. The fourth-order valence-electron chi connectivity index (χ4n) is 1.01. The Hall–Kier alpha value is -1.69. The average Bonchev–Trinajstić information content (AvgIpc) is 2.26. The number of nitro groups is 1. The van der Waals surface area contributed by atoms with Crippen LogP contribution in [0.4, 0.5) is 5.69 Å². The molecule has 0 aliphatic rings. The molecule has 1 rings (SSSR count). The Kier molecular flexibility index (Phi) is 4.19. The molecule has 1 aromatic rings. The number of nitro benzene ring substituents is 1. The quantitative estimate of drug-likeness (QED) is 0.681. The zero-order chi connectivity index (χ0) is 12.1. The number of non-ortho nitro benzene ring substituents is 1. The van der Waals surface area contributed by atoms with Crippen molar-refractivity contribution in [1.29, 1.82) is 0 Å². The summed E-state index contributed by atoms with van der Waals surface area (Å²) in [5.41, 5.74) is 0.334. The Balaban J connectivity index is 2.70. The highest BCUT2D eigenvalue weighted by Crippen LogP contribution is 2.11. The third-order valence-electron chi connectivity index (χ3n) is 1.78. The molecule has 0 fully saturated rings. The van der Waals surface area contributed by atoms with Gasteiger partial charge in [0.25, 0.3) is 11.6 Å². The van der Waals surface area contributed by atoms with Gasteiger partial charge in [0.1, 0.15) is 0 Å². The molecular formula is C10H9BrN2O3. The first-order chi connectivity index (χ1) is 7.50. The molecule has 0 saturated heterocycles. The topological polar surface area (TPSA) is 72.2 Å². The number of nitrogens with zero attached hydrogens (tertiary/aromatic N) is 1. The van der Waals surface area contributed by atoms with Crippen molar-refractivity contribution in [1.82, 2.24) is 5.32 Å². The highest BCUT2D eigenvalue weighted by atomic mass is 79.9. The molecule has 5 nitrogen and oxygen atoms in total. The van der Waals surface area contributed by atoms with E-state index in [2.05, 4.69) is 27.8 Å². The van der Waals surface area contributed by atoms with Crippen molar-refractivity contribution in [2.75, 3.05) is 6.54 Å². The van der Waals surface area contributed by atoms with Crippen LogP contribution < -0.4 is 5.32 Å². The zero-order valence-corrected chi connectivity index (χ0v) is 9.86. The van der Waals surface area contributed by atoms with E-state index in [1.807, 2.05) is 0 Å². The van der Waals surface area contributed by atoms with Gasteiger partial charge < -0.3 is 5.32 Å². The number of halogens is 1. The monoisotopic (exact) mass is 284 g/mol. The van der Waals surface area contributed by atoms with Crippen LogP contribution in [0.5, 0.6) is 0 Å². The van der Waals surface area contributed by atoms with Gasteiger partial charge in [0, 0.05) is 28.7 Å². The summed E-state index contributed by atoms with van der Waals surface area (Å²) in [7, 11) is 0. The smallest absolute Gasteiger partial charge is 0.269 e. The van der Waals surface area contributed by atoms with Crippen molar-refractivity contribution in [2.45, 2.75) is 0 Å². The lowest BCUT2D eigenvalue weighted by Crippen LogP contribution is -2.24. The molecular weight excluding hydrogens is 276 g/mol. The van der Waals surface area contributed by atoms with Gasteiger partial charge in [0.15, 0.2) is 0 Å². The van der Waals surface area contributed by atoms with Crippen LogP contribution in [0.1, 0.15) is 10.4 Å². The number of benzene rings is 1. The van der Waals surface area contributed by atoms with Gasteiger partial charge in [0.05, 0.1) is 4.92 Å². The summed E-state index contributed by atoms with van der Waals surface area (Å²) in [6, 6.07) is 5.39. The summed E-state index contributed by atoms with van der Waals surface area (Å²) < 4.78 is 0.655. The molecule has 0 bridgehead atoms. The van der Waals surface area contributed by atoms with E-state index < -0.39 is 4.92 Å². The van der Waals surface area contributed by atoms with E-state index in [1.54, 1.807) is 0 Å². The number of carbonyl (C=O) groups is 1. The lowest BCUT2D eigenvalue weighted by atomic mass is 10.2. The van der Waals surface area contributed by atoms with Crippen LogP contribution in [0, 0.1) is 10.1 Å². The molecule has 1 amide bonds. The van der Waals surface area contributed by atoms with E-state index in [-0.39, 0.29) is 11.6 Å². The van der Waals surface area contributed by atoms with Crippen LogP contribution in [-0.2, 0) is 0 Å². The molecule has 0 unspecified atom stereocenters. The summed E-state index contributed by atoms with van der Waals surface area (Å²) >= 11 is 3.11. The van der Waals surface area contributed by atoms with Gasteiger partial charge in [-0.2, -0.15) is 0 Å². The van der Waals surface area contributed by atoms with Crippen molar-refractivity contribution in [3.05, 3.63) is 51.0 Å². The van der Waals surface area contributed by atoms with E-state index >= 15 is 0 Å². The minimum atomic E-state index is -0.512. The molecule has 6 heteroatoms. The molecule has 0 aromatic heterocycles. The Bertz CT molecular complexity index is 428. The van der Waals surface area contributed by atoms with Gasteiger partial charge in [-0.3, -0.25) is 14.9 Å². The summed E-state index contributed by atoms with van der Waals surface area (Å²) in [4.78, 5) is 21.4. The molecule has 0 heterocycles. The predicted octanol–water partition coefficient (Wildman–Crippen LogP) is 2.23. The molecule has 16 heavy (non-hydrogen) atoms. The average molecular weight is 285 g/mol. The number of nitrogens with one attached hydrogen (secondary N) is 1. The second-order valence-corrected chi connectivity index (χ2v) is 4.13. The number of amides is 1. The van der Waals surface area contributed by atoms with Crippen LogP contribution in [0.3, 0.4) is 0 Å². The summed E-state index contributed by atoms with van der Waals surface area (Å²) in [5, 5.41) is 13.0. The number of rotatable bonds is 4. The van der Waals surface area contributed by atoms with Crippen LogP contribution in [-0.4, -0.2) is 17.4 Å². The van der Waals surface area contributed by atoms with Gasteiger partial charge >= 0.3 is 0 Å². The van der Waals surface area contributed by atoms with E-state index in [4.69, 9.17) is 0 Å². The summed E-state index contributed by atoms with van der Waals surface area (Å²) in [5.74, 6) is -0.296. The first-order valence-electron chi connectivity index (χ1n) is 4.36. The number of hydrogen-bond donors (Lipinski definition) is 1. The molecule has 0 atom stereocenters. The van der Waals surface area contributed by atoms with Crippen molar-refractivity contribution in [3.63, 3.8) is 0 Å². The SMILES string of the molecule is C=C(Br)CNC(=O)c1ccc([N+](=O)[O-])cc1. The largest absolute Gasteiger partial charge is 0.347 e. The number of hydrogen-bond acceptors (Lipinski definition) is 3. The third-order valence-corrected chi connectivity index (χ3v) is 2.06. The van der Waals surface area contributed by atoms with Crippen LogP contribution in [0.25, 0.3) is 0 Å². The fourth-order valence-corrected chi connectivity index (χ4v) is 1.15. The summed E-state index contributed by atoms with van der Waals surface area (Å²) in [6.07, 6.45) is 0. The van der Waals surface area contributed by atoms with Gasteiger partial charge in [-0.1, -0.05) is 22.5 Å². The molecule has 0 aliphatic carbocycles. The highest BCUT2D eigenvalue weighted by molar-refractivity contribution is 9.11. The molecule has 0 saturated carbocycles. The molecule has 0 spiro atoms. The maximum Gasteiger partial charge on any atom is 0.269 e. The van der Waals surface area contributed by atoms with Gasteiger partial charge in [-0.05, 0) is 12.1 Å². The number of carbonyl (C=O) groups excluding carboxylic acids is 1. The van der Waals surface area contributed by atoms with Crippen molar-refractivity contribution < 1.29 is 9.72 Å². The third kappa shape index (κ3) is 3.47. The Morgan fingerprint density at radius 3 is 2.44 bits per heavy atom. The van der Waals surface area contributed by atoms with Crippen molar-refractivity contribution in [2.24, 2.45) is 0 Å². The minimum absolute atomic E-state index is 0.0403. The lowest BCUT2D eigenvalue weighted by Gasteiger charge is -2.03. The molecule has 84 valence electrons. The van der Waals surface area contributed by atoms with Crippen molar-refractivity contribution in [3.8, 4) is 0 Å². The fraction of sp³-hybridized carbons (Fsp3) is 0.100. The van der Waals surface area contributed by atoms with Crippen molar-refractivity contribution >= 4 is 27.5 Å². The van der Waals surface area contributed by atoms with Gasteiger partial charge in [-0.25, -0.2) is 0 Å². The first kappa shape index (κ1) is 12.4. The van der Waals surface area contributed by atoms with Crippen LogP contribution >= 0.6 is 15.9 Å². The lowest BCUT2D eigenvalue weighted by molar-refractivity contribution is -0.384. The van der Waals surface area contributed by atoms with Crippen LogP contribution in [0.2, 0.25) is 0 Å². The van der Waals surface area contributed by atoms with Gasteiger partial charge in [-0.15, -0.1) is 0 Å². The first-order valence-corrected chi connectivity index (χ1v) is 5.16. The van der Waals surface area contributed by atoms with E-state index in [0.29, 0.717) is 16.6 Å². The summed E-state index contributed by atoms with van der Waals surface area (Å²) in [6.45, 7) is 3.89. The van der Waals surface area contributed by atoms with E-state index in [1.165, 1.54) is 24.3 Å². The maximum atomic E-state index is 11.5. The Labute approximate surface area is 100 Å². The maximum absolute atomic E-state index is 11.5. The van der Waals surface area contributed by atoms with E-state index in [0.717, 1.165) is 0 Å². The van der Waals surface area contributed by atoms with Crippen LogP contribution in [0.15, 0.2) is 35.3 Å². The zero-order valence-electron chi connectivity index (χ0n) is 8.27. The Morgan fingerprint density at radius 1 is 1.44 bits per heavy atom. The second kappa shape index (κ2) is 5.41. The van der Waals surface area contributed by atoms with E-state index in [9.17, 15) is 14.9 Å². The van der Waals surface area contributed by atoms with Gasteiger partial charge in [0.2, 0.25) is 0 Å². The molecule has 1 aromatic carbocycles. The highest BCUT2D eigenvalue weighted by Gasteiger charge is 2.08. The predicted molar refractivity (Wildman–Crippen MR) is 63.5 cm³/mol. The Morgan fingerprint density at radius 2 is 2.00 bits per heavy atom. The standard InChI is InChI=1S/C10H9BrN2O3/c1-7(11)6-12-10(14)8-2-4-9(5-3-8)13(15)16/h2-5H,1,6H2,(H,12,14).